The van der Waals surface area contributed by atoms with Gasteiger partial charge in [0.15, 0.2) is 0 Å². The number of nitrogens with two attached hydrogens (primary N) is 1. The second-order valence-corrected chi connectivity index (χ2v) is 6.36. The highest BCUT2D eigenvalue weighted by Gasteiger charge is 2.30. The smallest absolute Gasteiger partial charge is 0.0328 e. The highest BCUT2D eigenvalue weighted by Crippen LogP contribution is 2.40. The van der Waals surface area contributed by atoms with Crippen LogP contribution in [0.1, 0.15) is 55.8 Å². The number of hydrogen-bond acceptors (Lipinski definition) is 1. The Bertz CT molecular complexity index is 390. The summed E-state index contributed by atoms with van der Waals surface area (Å²) < 4.78 is 0. The monoisotopic (exact) mass is 245 g/mol. The van der Waals surface area contributed by atoms with E-state index in [1.807, 2.05) is 0 Å². The minimum atomic E-state index is 0.223. The van der Waals surface area contributed by atoms with Crippen LogP contribution in [0.4, 0.5) is 0 Å². The zero-order valence-corrected chi connectivity index (χ0v) is 12.2. The van der Waals surface area contributed by atoms with Crippen LogP contribution in [0.15, 0.2) is 18.2 Å². The summed E-state index contributed by atoms with van der Waals surface area (Å²) >= 11 is 0. The Morgan fingerprint density at radius 3 is 2.22 bits per heavy atom. The molecule has 100 valence electrons. The molecule has 1 aromatic carbocycles. The van der Waals surface area contributed by atoms with Crippen LogP contribution in [0.5, 0.6) is 0 Å². The molecule has 1 saturated carbocycles. The Morgan fingerprint density at radius 1 is 1.06 bits per heavy atom. The molecule has 1 nitrogen and oxygen atoms in total. The van der Waals surface area contributed by atoms with E-state index in [4.69, 9.17) is 5.73 Å². The Balaban J connectivity index is 2.19. The summed E-state index contributed by atoms with van der Waals surface area (Å²) in [4.78, 5) is 0. The van der Waals surface area contributed by atoms with Gasteiger partial charge in [0.1, 0.15) is 0 Å². The van der Waals surface area contributed by atoms with Gasteiger partial charge >= 0.3 is 0 Å². The second kappa shape index (κ2) is 5.44. The lowest BCUT2D eigenvalue weighted by Gasteiger charge is -2.36. The summed E-state index contributed by atoms with van der Waals surface area (Å²) in [6, 6.07) is 6.74. The molecule has 1 heteroatoms. The van der Waals surface area contributed by atoms with E-state index in [1.165, 1.54) is 36.0 Å². The summed E-state index contributed by atoms with van der Waals surface area (Å²) in [6.07, 6.45) is 3.92. The molecule has 2 rings (SSSR count). The van der Waals surface area contributed by atoms with Crippen molar-refractivity contribution in [2.75, 3.05) is 0 Å². The molecular weight excluding hydrogens is 218 g/mol. The lowest BCUT2D eigenvalue weighted by atomic mass is 9.71. The molecule has 1 fully saturated rings. The zero-order chi connectivity index (χ0) is 13.3. The lowest BCUT2D eigenvalue weighted by molar-refractivity contribution is 0.185. The normalized spacial score (nSPS) is 30.2. The third-order valence-corrected chi connectivity index (χ3v) is 5.02. The van der Waals surface area contributed by atoms with E-state index < -0.39 is 0 Å². The minimum absolute atomic E-state index is 0.223. The average Bonchev–Trinajstić information content (AvgIpc) is 2.32. The van der Waals surface area contributed by atoms with E-state index in [-0.39, 0.29) is 6.04 Å². The predicted molar refractivity (Wildman–Crippen MR) is 78.5 cm³/mol. The van der Waals surface area contributed by atoms with Gasteiger partial charge < -0.3 is 5.73 Å². The summed E-state index contributed by atoms with van der Waals surface area (Å²) in [6.45, 7) is 9.15. The fourth-order valence-electron chi connectivity index (χ4n) is 3.50. The maximum atomic E-state index is 6.58. The highest BCUT2D eigenvalue weighted by atomic mass is 14.7. The third kappa shape index (κ3) is 2.61. The molecule has 0 spiro atoms. The number of benzene rings is 1. The molecule has 1 aliphatic rings. The van der Waals surface area contributed by atoms with Gasteiger partial charge in [-0.1, -0.05) is 38.5 Å². The summed E-state index contributed by atoms with van der Waals surface area (Å²) in [7, 11) is 0. The largest absolute Gasteiger partial charge is 0.324 e. The van der Waals surface area contributed by atoms with Gasteiger partial charge in [0.25, 0.3) is 0 Å². The van der Waals surface area contributed by atoms with Gasteiger partial charge in [-0.3, -0.25) is 0 Å². The number of hydrogen-bond donors (Lipinski definition) is 1. The van der Waals surface area contributed by atoms with E-state index in [2.05, 4.69) is 45.9 Å². The van der Waals surface area contributed by atoms with Gasteiger partial charge in [-0.2, -0.15) is 0 Å². The Hall–Kier alpha value is -0.820. The van der Waals surface area contributed by atoms with Crippen LogP contribution in [0.3, 0.4) is 0 Å². The summed E-state index contributed by atoms with van der Waals surface area (Å²) in [5.74, 6) is 2.35. The lowest BCUT2D eigenvalue weighted by Crippen LogP contribution is -2.30. The average molecular weight is 245 g/mol. The van der Waals surface area contributed by atoms with E-state index in [0.29, 0.717) is 5.92 Å². The van der Waals surface area contributed by atoms with E-state index in [0.717, 1.165) is 11.8 Å². The standard InChI is InChI=1S/C17H27N/c1-11-8-9-15(10-14(11)4)17(18)16-12(2)6-5-7-13(16)3/h5-7,11,14-15,17H,8-10,18H2,1-4H3. The molecule has 4 unspecified atom stereocenters. The highest BCUT2D eigenvalue weighted by molar-refractivity contribution is 5.36. The van der Waals surface area contributed by atoms with Crippen LogP contribution in [0, 0.1) is 31.6 Å². The van der Waals surface area contributed by atoms with Crippen molar-refractivity contribution in [3.63, 3.8) is 0 Å². The first-order valence-corrected chi connectivity index (χ1v) is 7.32. The van der Waals surface area contributed by atoms with Gasteiger partial charge in [-0.25, -0.2) is 0 Å². The first kappa shape index (κ1) is 13.6. The molecule has 0 bridgehead atoms. The second-order valence-electron chi connectivity index (χ2n) is 6.36. The number of rotatable bonds is 2. The zero-order valence-electron chi connectivity index (χ0n) is 12.2. The Morgan fingerprint density at radius 2 is 1.67 bits per heavy atom. The van der Waals surface area contributed by atoms with Crippen molar-refractivity contribution in [2.24, 2.45) is 23.5 Å². The predicted octanol–water partition coefficient (Wildman–Crippen LogP) is 4.38. The van der Waals surface area contributed by atoms with Gasteiger partial charge in [0.05, 0.1) is 0 Å². The van der Waals surface area contributed by atoms with Crippen LogP contribution in [0.2, 0.25) is 0 Å². The molecule has 2 N–H and O–H groups in total. The van der Waals surface area contributed by atoms with Crippen molar-refractivity contribution in [3.8, 4) is 0 Å². The maximum absolute atomic E-state index is 6.58. The van der Waals surface area contributed by atoms with Crippen LogP contribution in [0.25, 0.3) is 0 Å². The van der Waals surface area contributed by atoms with Crippen molar-refractivity contribution < 1.29 is 0 Å². The van der Waals surface area contributed by atoms with Gasteiger partial charge in [0, 0.05) is 6.04 Å². The van der Waals surface area contributed by atoms with Crippen molar-refractivity contribution in [1.29, 1.82) is 0 Å². The van der Waals surface area contributed by atoms with Crippen molar-refractivity contribution in [1.82, 2.24) is 0 Å². The molecule has 0 aromatic heterocycles. The summed E-state index contributed by atoms with van der Waals surface area (Å²) in [5.41, 5.74) is 10.7. The third-order valence-electron chi connectivity index (χ3n) is 5.02. The molecular formula is C17H27N. The Kier molecular flexibility index (Phi) is 4.11. The van der Waals surface area contributed by atoms with Crippen LogP contribution >= 0.6 is 0 Å². The van der Waals surface area contributed by atoms with E-state index in [1.54, 1.807) is 0 Å². The minimum Gasteiger partial charge on any atom is -0.324 e. The molecule has 0 radical (unpaired) electrons. The Labute approximate surface area is 112 Å². The van der Waals surface area contributed by atoms with Gasteiger partial charge in [-0.05, 0) is 61.1 Å². The fraction of sp³-hybridized carbons (Fsp3) is 0.647. The van der Waals surface area contributed by atoms with Gasteiger partial charge in [-0.15, -0.1) is 0 Å². The van der Waals surface area contributed by atoms with Crippen LogP contribution in [-0.2, 0) is 0 Å². The molecule has 0 amide bonds. The fourth-order valence-corrected chi connectivity index (χ4v) is 3.50. The summed E-state index contributed by atoms with van der Waals surface area (Å²) in [5, 5.41) is 0. The van der Waals surface area contributed by atoms with E-state index in [9.17, 15) is 0 Å². The maximum Gasteiger partial charge on any atom is 0.0328 e. The molecule has 18 heavy (non-hydrogen) atoms. The molecule has 0 heterocycles. The van der Waals surface area contributed by atoms with E-state index >= 15 is 0 Å². The topological polar surface area (TPSA) is 26.0 Å². The van der Waals surface area contributed by atoms with Crippen LogP contribution < -0.4 is 5.73 Å². The van der Waals surface area contributed by atoms with Crippen molar-refractivity contribution >= 4 is 0 Å². The van der Waals surface area contributed by atoms with Gasteiger partial charge in [0.2, 0.25) is 0 Å². The number of aryl methyl sites for hydroxylation is 2. The quantitative estimate of drug-likeness (QED) is 0.822. The van der Waals surface area contributed by atoms with Crippen molar-refractivity contribution in [3.05, 3.63) is 34.9 Å². The first-order chi connectivity index (χ1) is 8.50. The van der Waals surface area contributed by atoms with Crippen LogP contribution in [-0.4, -0.2) is 0 Å². The van der Waals surface area contributed by atoms with Crippen molar-refractivity contribution in [2.45, 2.75) is 53.0 Å². The molecule has 4 atom stereocenters. The first-order valence-electron chi connectivity index (χ1n) is 7.32. The molecule has 1 aromatic rings. The molecule has 0 saturated heterocycles. The molecule has 0 aliphatic heterocycles. The SMILES string of the molecule is Cc1cccc(C)c1C(N)C1CCC(C)C(C)C1. The molecule has 1 aliphatic carbocycles.